The van der Waals surface area contributed by atoms with E-state index < -0.39 is 29.4 Å². The fourth-order valence-electron chi connectivity index (χ4n) is 4.65. The number of aliphatic hydroxyl groups excluding tert-OH is 1. The topological polar surface area (TPSA) is 82.1 Å². The van der Waals surface area contributed by atoms with Gasteiger partial charge >= 0.3 is 0 Å². The Labute approximate surface area is 184 Å². The molecule has 9 heteroatoms. The van der Waals surface area contributed by atoms with Gasteiger partial charge in [-0.1, -0.05) is 11.6 Å². The van der Waals surface area contributed by atoms with Gasteiger partial charge in [-0.2, -0.15) is 0 Å². The van der Waals surface area contributed by atoms with Crippen LogP contribution in [0.4, 0.5) is 10.1 Å². The van der Waals surface area contributed by atoms with Crippen molar-refractivity contribution in [2.45, 2.75) is 24.1 Å². The van der Waals surface area contributed by atoms with Crippen LogP contribution in [0.3, 0.4) is 0 Å². The largest absolute Gasteiger partial charge is 0.496 e. The molecule has 7 nitrogen and oxygen atoms in total. The third kappa shape index (κ3) is 3.26. The molecular formula is C22H23ClFN3O4. The number of β-amino-alcohol motifs (C(OH)–C–C–N with tert-alkyl or cyclic N) is 1. The van der Waals surface area contributed by atoms with E-state index in [4.69, 9.17) is 16.3 Å². The molecule has 1 unspecified atom stereocenters. The first-order chi connectivity index (χ1) is 14.7. The van der Waals surface area contributed by atoms with Crippen LogP contribution in [0.15, 0.2) is 36.4 Å². The van der Waals surface area contributed by atoms with Gasteiger partial charge < -0.3 is 20.1 Å². The fourth-order valence-corrected chi connectivity index (χ4v) is 4.82. The summed E-state index contributed by atoms with van der Waals surface area (Å²) in [5, 5.41) is 13.7. The zero-order valence-electron chi connectivity index (χ0n) is 17.4. The molecule has 2 aliphatic rings. The first-order valence-corrected chi connectivity index (χ1v) is 10.2. The highest BCUT2D eigenvalue weighted by Crippen LogP contribution is 2.51. The number of benzene rings is 2. The molecule has 4 rings (SSSR count). The van der Waals surface area contributed by atoms with Crippen molar-refractivity contribution in [1.29, 1.82) is 0 Å². The van der Waals surface area contributed by atoms with Gasteiger partial charge in [0, 0.05) is 42.5 Å². The van der Waals surface area contributed by atoms with E-state index >= 15 is 0 Å². The molecule has 2 N–H and O–H groups in total. The van der Waals surface area contributed by atoms with E-state index in [1.165, 1.54) is 30.2 Å². The quantitative estimate of drug-likeness (QED) is 0.751. The SMILES string of the molecule is COc1ccc(F)cc1C1(N2C[C@H](O)C[C@H]2C(=O)N(C)C)C(=O)Nc2ccc(Cl)cc21. The molecule has 2 amide bonds. The molecule has 1 saturated heterocycles. The average Bonchev–Trinajstić information content (AvgIpc) is 3.24. The minimum atomic E-state index is -1.62. The Hall–Kier alpha value is -2.68. The summed E-state index contributed by atoms with van der Waals surface area (Å²) >= 11 is 6.29. The summed E-state index contributed by atoms with van der Waals surface area (Å²) in [6.45, 7) is 0.0310. The highest BCUT2D eigenvalue weighted by molar-refractivity contribution is 6.31. The molecule has 0 aliphatic carbocycles. The van der Waals surface area contributed by atoms with Crippen molar-refractivity contribution in [3.05, 3.63) is 58.4 Å². The molecule has 2 aromatic carbocycles. The van der Waals surface area contributed by atoms with Crippen LogP contribution in [0, 0.1) is 5.82 Å². The summed E-state index contributed by atoms with van der Waals surface area (Å²) in [6, 6.07) is 8.03. The molecule has 0 bridgehead atoms. The van der Waals surface area contributed by atoms with Crippen LogP contribution in [-0.2, 0) is 15.1 Å². The number of hydrogen-bond acceptors (Lipinski definition) is 5. The number of likely N-dealkylation sites (N-methyl/N-ethyl adjacent to an activating group) is 1. The molecule has 3 atom stereocenters. The van der Waals surface area contributed by atoms with E-state index in [0.29, 0.717) is 16.3 Å². The number of nitrogens with zero attached hydrogens (tertiary/aromatic N) is 2. The van der Waals surface area contributed by atoms with Gasteiger partial charge in [0.2, 0.25) is 5.91 Å². The molecule has 0 spiro atoms. The number of aliphatic hydroxyl groups is 1. The van der Waals surface area contributed by atoms with E-state index in [9.17, 15) is 19.1 Å². The van der Waals surface area contributed by atoms with E-state index in [1.807, 2.05) is 0 Å². The molecule has 31 heavy (non-hydrogen) atoms. The lowest BCUT2D eigenvalue weighted by Crippen LogP contribution is -2.57. The van der Waals surface area contributed by atoms with E-state index in [0.717, 1.165) is 0 Å². The van der Waals surface area contributed by atoms with Crippen molar-refractivity contribution in [2.24, 2.45) is 0 Å². The van der Waals surface area contributed by atoms with Crippen molar-refractivity contribution in [2.75, 3.05) is 33.1 Å². The van der Waals surface area contributed by atoms with E-state index in [-0.39, 0.29) is 30.2 Å². The normalized spacial score (nSPS) is 25.3. The third-order valence-corrected chi connectivity index (χ3v) is 6.17. The molecule has 0 radical (unpaired) electrons. The second-order valence-corrected chi connectivity index (χ2v) is 8.43. The Balaban J connectivity index is 2.05. The number of nitrogens with one attached hydrogen (secondary N) is 1. The summed E-state index contributed by atoms with van der Waals surface area (Å²) in [5.41, 5.74) is -0.418. The number of fused-ring (bicyclic) bond motifs is 1. The van der Waals surface area contributed by atoms with Gasteiger partial charge in [-0.25, -0.2) is 4.39 Å². The highest BCUT2D eigenvalue weighted by Gasteiger charge is 2.59. The monoisotopic (exact) mass is 447 g/mol. The van der Waals surface area contributed by atoms with Gasteiger partial charge in [-0.15, -0.1) is 0 Å². The van der Waals surface area contributed by atoms with Crippen molar-refractivity contribution in [3.63, 3.8) is 0 Å². The number of methoxy groups -OCH3 is 1. The summed E-state index contributed by atoms with van der Waals surface area (Å²) in [4.78, 5) is 29.8. The highest BCUT2D eigenvalue weighted by atomic mass is 35.5. The van der Waals surface area contributed by atoms with Crippen molar-refractivity contribution in [3.8, 4) is 5.75 Å². The van der Waals surface area contributed by atoms with Crippen LogP contribution in [0.1, 0.15) is 17.5 Å². The molecule has 2 aliphatic heterocycles. The summed E-state index contributed by atoms with van der Waals surface area (Å²) in [6.07, 6.45) is -0.707. The van der Waals surface area contributed by atoms with Gasteiger partial charge in [-0.05, 0) is 42.8 Å². The average molecular weight is 448 g/mol. The molecular weight excluding hydrogens is 425 g/mol. The lowest BCUT2D eigenvalue weighted by atomic mass is 9.80. The predicted octanol–water partition coefficient (Wildman–Crippen LogP) is 2.21. The first-order valence-electron chi connectivity index (χ1n) is 9.81. The zero-order chi connectivity index (χ0) is 22.5. The Bertz CT molecular complexity index is 1060. The first kappa shape index (κ1) is 21.5. The summed E-state index contributed by atoms with van der Waals surface area (Å²) in [7, 11) is 4.65. The van der Waals surface area contributed by atoms with Gasteiger partial charge in [-0.3, -0.25) is 14.5 Å². The van der Waals surface area contributed by atoms with Crippen LogP contribution < -0.4 is 10.1 Å². The number of anilines is 1. The van der Waals surface area contributed by atoms with Crippen LogP contribution in [-0.4, -0.2) is 66.6 Å². The Kier molecular flexibility index (Phi) is 5.41. The third-order valence-electron chi connectivity index (χ3n) is 5.94. The minimum absolute atomic E-state index is 0.0310. The number of amides is 2. The van der Waals surface area contributed by atoms with Gasteiger partial charge in [0.1, 0.15) is 11.6 Å². The molecule has 164 valence electrons. The van der Waals surface area contributed by atoms with E-state index in [1.54, 1.807) is 37.2 Å². The van der Waals surface area contributed by atoms with Crippen LogP contribution >= 0.6 is 11.6 Å². The number of likely N-dealkylation sites (tertiary alicyclic amines) is 1. The zero-order valence-corrected chi connectivity index (χ0v) is 18.1. The van der Waals surface area contributed by atoms with Gasteiger partial charge in [0.05, 0.1) is 19.3 Å². The Morgan fingerprint density at radius 3 is 2.71 bits per heavy atom. The van der Waals surface area contributed by atoms with Gasteiger partial charge in [0.25, 0.3) is 5.91 Å². The maximum atomic E-state index is 14.5. The van der Waals surface area contributed by atoms with Crippen LogP contribution in [0.25, 0.3) is 0 Å². The lowest BCUT2D eigenvalue weighted by molar-refractivity contribution is -0.138. The molecule has 1 fully saturated rings. The minimum Gasteiger partial charge on any atom is -0.496 e. The predicted molar refractivity (Wildman–Crippen MR) is 114 cm³/mol. The van der Waals surface area contributed by atoms with Crippen molar-refractivity contribution in [1.82, 2.24) is 9.80 Å². The number of carbonyl (C=O) groups excluding carboxylic acids is 2. The maximum Gasteiger partial charge on any atom is 0.254 e. The number of halogens is 2. The smallest absolute Gasteiger partial charge is 0.254 e. The van der Waals surface area contributed by atoms with Gasteiger partial charge in [0.15, 0.2) is 5.54 Å². The van der Waals surface area contributed by atoms with Crippen molar-refractivity contribution >= 4 is 29.1 Å². The number of ether oxygens (including phenoxy) is 1. The second-order valence-electron chi connectivity index (χ2n) is 7.99. The maximum absolute atomic E-state index is 14.5. The number of hydrogen-bond donors (Lipinski definition) is 2. The summed E-state index contributed by atoms with van der Waals surface area (Å²) < 4.78 is 20.0. The Morgan fingerprint density at radius 1 is 1.29 bits per heavy atom. The fraction of sp³-hybridized carbons (Fsp3) is 0.364. The standard InChI is InChI=1S/C22H23ClFN3O4/c1-26(2)20(29)18-10-14(28)11-27(18)22(16-9-13(24)5-7-19(16)31-3)15-8-12(23)4-6-17(15)25-21(22)30/h4-9,14,18,28H,10-11H2,1-3H3,(H,25,30)/t14-,18+,22?/m1/s1. The molecule has 2 aromatic rings. The molecule has 0 aromatic heterocycles. The summed E-state index contributed by atoms with van der Waals surface area (Å²) in [5.74, 6) is -1.02. The second kappa shape index (κ2) is 7.78. The molecule has 2 heterocycles. The molecule has 0 saturated carbocycles. The van der Waals surface area contributed by atoms with E-state index in [2.05, 4.69) is 5.32 Å². The van der Waals surface area contributed by atoms with Crippen molar-refractivity contribution < 1.29 is 23.8 Å². The lowest BCUT2D eigenvalue weighted by Gasteiger charge is -2.41. The number of rotatable bonds is 4. The van der Waals surface area contributed by atoms with Crippen LogP contribution in [0.2, 0.25) is 5.02 Å². The van der Waals surface area contributed by atoms with Crippen LogP contribution in [0.5, 0.6) is 5.75 Å². The number of carbonyl (C=O) groups is 2. The Morgan fingerprint density at radius 2 is 2.03 bits per heavy atom.